The fraction of sp³-hybridized carbons (Fsp3) is 0.167. The van der Waals surface area contributed by atoms with Crippen molar-refractivity contribution in [2.75, 3.05) is 6.61 Å². The Morgan fingerprint density at radius 1 is 1.15 bits per heavy atom. The second-order valence-corrected chi connectivity index (χ2v) is 4.51. The van der Waals surface area contributed by atoms with Gasteiger partial charge in [-0.3, -0.25) is 0 Å². The highest BCUT2D eigenvalue weighted by molar-refractivity contribution is 5.90. The summed E-state index contributed by atoms with van der Waals surface area (Å²) < 4.78 is 5.58. The molecule has 0 heterocycles. The summed E-state index contributed by atoms with van der Waals surface area (Å²) in [7, 11) is 0. The first-order valence-corrected chi connectivity index (χ1v) is 6.65. The lowest BCUT2D eigenvalue weighted by Crippen LogP contribution is -1.93. The zero-order valence-electron chi connectivity index (χ0n) is 11.8. The van der Waals surface area contributed by atoms with E-state index in [-0.39, 0.29) is 0 Å². The van der Waals surface area contributed by atoms with Crippen molar-refractivity contribution in [3.63, 3.8) is 0 Å². The van der Waals surface area contributed by atoms with Crippen LogP contribution in [0.25, 0.3) is 11.6 Å². The van der Waals surface area contributed by atoms with Gasteiger partial charge in [0.2, 0.25) is 0 Å². The third-order valence-electron chi connectivity index (χ3n) is 3.00. The van der Waals surface area contributed by atoms with Crippen LogP contribution in [0.2, 0.25) is 0 Å². The number of hydrogen-bond donors (Lipinski definition) is 0. The van der Waals surface area contributed by atoms with Gasteiger partial charge in [0, 0.05) is 5.56 Å². The second kappa shape index (κ2) is 6.58. The van der Waals surface area contributed by atoms with Gasteiger partial charge < -0.3 is 4.74 Å². The minimum atomic E-state index is 0.608. The van der Waals surface area contributed by atoms with Crippen LogP contribution in [0.15, 0.2) is 48.5 Å². The van der Waals surface area contributed by atoms with E-state index in [1.54, 1.807) is 0 Å². The molecule has 2 heteroatoms. The molecule has 2 nitrogen and oxygen atoms in total. The van der Waals surface area contributed by atoms with Crippen LogP contribution < -0.4 is 4.74 Å². The van der Waals surface area contributed by atoms with Crippen molar-refractivity contribution in [1.29, 1.82) is 5.26 Å². The molecule has 0 aliphatic carbocycles. The lowest BCUT2D eigenvalue weighted by molar-refractivity contribution is 0.339. The minimum Gasteiger partial charge on any atom is -0.493 e. The normalized spacial score (nSPS) is 10.9. The number of benzene rings is 2. The third-order valence-corrected chi connectivity index (χ3v) is 3.00. The van der Waals surface area contributed by atoms with Crippen molar-refractivity contribution in [1.82, 2.24) is 0 Å². The van der Waals surface area contributed by atoms with E-state index in [0.717, 1.165) is 16.9 Å². The van der Waals surface area contributed by atoms with Crippen LogP contribution in [-0.4, -0.2) is 6.61 Å². The number of ether oxygens (including phenoxy) is 1. The molecular formula is C18H17NO. The van der Waals surface area contributed by atoms with Crippen molar-refractivity contribution in [3.05, 3.63) is 65.2 Å². The molecule has 0 aliphatic heterocycles. The maximum Gasteiger partial charge on any atom is 0.126 e. The molecule has 2 aromatic carbocycles. The number of nitriles is 1. The van der Waals surface area contributed by atoms with Gasteiger partial charge in [0.15, 0.2) is 0 Å². The van der Waals surface area contributed by atoms with E-state index >= 15 is 0 Å². The Kier molecular flexibility index (Phi) is 4.57. The molecular weight excluding hydrogens is 246 g/mol. The van der Waals surface area contributed by atoms with Crippen LogP contribution in [0.5, 0.6) is 5.75 Å². The Labute approximate surface area is 119 Å². The summed E-state index contributed by atoms with van der Waals surface area (Å²) in [6.07, 6.45) is 1.87. The monoisotopic (exact) mass is 263 g/mol. The number of para-hydroxylation sites is 1. The van der Waals surface area contributed by atoms with Crippen LogP contribution in [0.4, 0.5) is 0 Å². The van der Waals surface area contributed by atoms with Crippen LogP contribution in [-0.2, 0) is 0 Å². The highest BCUT2D eigenvalue weighted by atomic mass is 16.5. The highest BCUT2D eigenvalue weighted by Gasteiger charge is 2.04. The smallest absolute Gasteiger partial charge is 0.126 e. The van der Waals surface area contributed by atoms with Gasteiger partial charge in [-0.15, -0.1) is 0 Å². The van der Waals surface area contributed by atoms with Crippen LogP contribution in [0.3, 0.4) is 0 Å². The molecule has 0 unspecified atom stereocenters. The topological polar surface area (TPSA) is 33.0 Å². The van der Waals surface area contributed by atoms with E-state index in [0.29, 0.717) is 12.2 Å². The Balaban J connectivity index is 2.41. The van der Waals surface area contributed by atoms with Crippen molar-refractivity contribution in [2.45, 2.75) is 13.8 Å². The maximum atomic E-state index is 9.37. The lowest BCUT2D eigenvalue weighted by Gasteiger charge is -2.07. The molecule has 100 valence electrons. The molecule has 0 spiro atoms. The van der Waals surface area contributed by atoms with Gasteiger partial charge in [-0.05, 0) is 31.6 Å². The zero-order valence-corrected chi connectivity index (χ0v) is 11.8. The summed E-state index contributed by atoms with van der Waals surface area (Å²) in [5.74, 6) is 0.801. The van der Waals surface area contributed by atoms with E-state index in [9.17, 15) is 5.26 Å². The summed E-state index contributed by atoms with van der Waals surface area (Å²) in [5, 5.41) is 9.37. The first-order valence-electron chi connectivity index (χ1n) is 6.65. The SMILES string of the molecule is CCOc1ccccc1/C=C(/C#N)c1ccc(C)cc1. The Morgan fingerprint density at radius 2 is 1.85 bits per heavy atom. The first kappa shape index (κ1) is 13.9. The van der Waals surface area contributed by atoms with Crippen LogP contribution >= 0.6 is 0 Å². The van der Waals surface area contributed by atoms with Gasteiger partial charge in [-0.25, -0.2) is 0 Å². The number of nitrogens with zero attached hydrogens (tertiary/aromatic N) is 1. The summed E-state index contributed by atoms with van der Waals surface area (Å²) in [6.45, 7) is 4.59. The average molecular weight is 263 g/mol. The fourth-order valence-electron chi connectivity index (χ4n) is 1.96. The Hall–Kier alpha value is -2.53. The number of rotatable bonds is 4. The van der Waals surface area contributed by atoms with E-state index in [1.165, 1.54) is 5.56 Å². The molecule has 2 aromatic rings. The van der Waals surface area contributed by atoms with Crippen molar-refractivity contribution >= 4 is 11.6 Å². The Morgan fingerprint density at radius 3 is 2.50 bits per heavy atom. The largest absolute Gasteiger partial charge is 0.493 e. The molecule has 2 rings (SSSR count). The van der Waals surface area contributed by atoms with Crippen molar-refractivity contribution in [2.24, 2.45) is 0 Å². The molecule has 0 radical (unpaired) electrons. The van der Waals surface area contributed by atoms with Crippen LogP contribution in [0, 0.1) is 18.3 Å². The fourth-order valence-corrected chi connectivity index (χ4v) is 1.96. The van der Waals surface area contributed by atoms with Crippen molar-refractivity contribution < 1.29 is 4.74 Å². The molecule has 0 aliphatic rings. The van der Waals surface area contributed by atoms with E-state index in [4.69, 9.17) is 4.74 Å². The van der Waals surface area contributed by atoms with E-state index < -0.39 is 0 Å². The zero-order chi connectivity index (χ0) is 14.4. The summed E-state index contributed by atoms with van der Waals surface area (Å²) >= 11 is 0. The molecule has 0 bridgehead atoms. The molecule has 0 fully saturated rings. The van der Waals surface area contributed by atoms with Crippen molar-refractivity contribution in [3.8, 4) is 11.8 Å². The molecule has 20 heavy (non-hydrogen) atoms. The summed E-state index contributed by atoms with van der Waals surface area (Å²) in [4.78, 5) is 0. The lowest BCUT2D eigenvalue weighted by atomic mass is 10.0. The van der Waals surface area contributed by atoms with E-state index in [1.807, 2.05) is 68.5 Å². The molecule has 0 saturated carbocycles. The minimum absolute atomic E-state index is 0.608. The number of hydrogen-bond acceptors (Lipinski definition) is 2. The van der Waals surface area contributed by atoms with Gasteiger partial charge >= 0.3 is 0 Å². The third kappa shape index (κ3) is 3.27. The number of allylic oxidation sites excluding steroid dienone is 1. The number of aryl methyl sites for hydroxylation is 1. The quantitative estimate of drug-likeness (QED) is 0.602. The Bertz CT molecular complexity index is 648. The highest BCUT2D eigenvalue weighted by Crippen LogP contribution is 2.24. The first-order chi connectivity index (χ1) is 9.74. The molecule has 0 atom stereocenters. The summed E-state index contributed by atoms with van der Waals surface area (Å²) in [6, 6.07) is 18.0. The molecule has 0 amide bonds. The molecule has 0 N–H and O–H groups in total. The molecule has 0 aromatic heterocycles. The standard InChI is InChI=1S/C18H17NO/c1-3-20-18-7-5-4-6-16(18)12-17(13-19)15-10-8-14(2)9-11-15/h4-12H,3H2,1-2H3/b17-12-. The molecule has 0 saturated heterocycles. The summed E-state index contributed by atoms with van der Waals surface area (Å²) in [5.41, 5.74) is 3.66. The van der Waals surface area contributed by atoms with Gasteiger partial charge in [-0.2, -0.15) is 5.26 Å². The van der Waals surface area contributed by atoms with Gasteiger partial charge in [0.1, 0.15) is 5.75 Å². The van der Waals surface area contributed by atoms with Crippen LogP contribution in [0.1, 0.15) is 23.6 Å². The predicted octanol–water partition coefficient (Wildman–Crippen LogP) is 4.46. The predicted molar refractivity (Wildman–Crippen MR) is 82.3 cm³/mol. The maximum absolute atomic E-state index is 9.37. The van der Waals surface area contributed by atoms with Gasteiger partial charge in [-0.1, -0.05) is 48.0 Å². The second-order valence-electron chi connectivity index (χ2n) is 4.51. The van der Waals surface area contributed by atoms with E-state index in [2.05, 4.69) is 6.07 Å². The van der Waals surface area contributed by atoms with Gasteiger partial charge in [0.05, 0.1) is 18.2 Å². The van der Waals surface area contributed by atoms with Gasteiger partial charge in [0.25, 0.3) is 0 Å². The average Bonchev–Trinajstić information content (AvgIpc) is 2.48.